The first-order valence-corrected chi connectivity index (χ1v) is 7.06. The highest BCUT2D eigenvalue weighted by Crippen LogP contribution is 2.23. The van der Waals surface area contributed by atoms with Gasteiger partial charge in [0.25, 0.3) is 5.91 Å². The molecule has 0 spiro atoms. The van der Waals surface area contributed by atoms with E-state index in [9.17, 15) is 4.79 Å². The van der Waals surface area contributed by atoms with Crippen LogP contribution in [0.15, 0.2) is 4.52 Å². The number of carbonyl (C=O) groups is 1. The van der Waals surface area contributed by atoms with Crippen LogP contribution >= 0.6 is 11.5 Å². The predicted molar refractivity (Wildman–Crippen MR) is 69.0 cm³/mol. The second-order valence-corrected chi connectivity index (χ2v) is 5.45. The van der Waals surface area contributed by atoms with Gasteiger partial charge in [-0.25, -0.2) is 0 Å². The van der Waals surface area contributed by atoms with Crippen LogP contribution in [-0.2, 0) is 19.4 Å². The summed E-state index contributed by atoms with van der Waals surface area (Å²) in [6.45, 7) is 2.30. The number of amides is 1. The number of fused-ring (bicyclic) bond motifs is 1. The normalized spacial score (nSPS) is 14.2. The maximum atomic E-state index is 12.1. The zero-order valence-corrected chi connectivity index (χ0v) is 11.4. The highest BCUT2D eigenvalue weighted by Gasteiger charge is 2.24. The Morgan fingerprint density at radius 2 is 2.26 bits per heavy atom. The molecule has 0 atom stereocenters. The average molecular weight is 278 g/mol. The van der Waals surface area contributed by atoms with Gasteiger partial charge in [-0.2, -0.15) is 0 Å². The average Bonchev–Trinajstić information content (AvgIpc) is 3.02. The van der Waals surface area contributed by atoms with Crippen molar-refractivity contribution in [1.29, 1.82) is 0 Å². The molecule has 2 aromatic heterocycles. The van der Waals surface area contributed by atoms with Gasteiger partial charge in [0.2, 0.25) is 5.76 Å². The van der Waals surface area contributed by atoms with Crippen molar-refractivity contribution in [3.05, 3.63) is 27.6 Å². The summed E-state index contributed by atoms with van der Waals surface area (Å²) in [5.41, 5.74) is 2.76. The van der Waals surface area contributed by atoms with Crippen LogP contribution in [0, 0.1) is 6.92 Å². The van der Waals surface area contributed by atoms with Gasteiger partial charge in [0.15, 0.2) is 0 Å². The zero-order chi connectivity index (χ0) is 13.2. The minimum Gasteiger partial charge on any atom is -0.350 e. The number of hydrogen-bond acceptors (Lipinski definition) is 6. The quantitative estimate of drug-likeness (QED) is 0.923. The number of nitrogens with one attached hydrogen (secondary N) is 1. The van der Waals surface area contributed by atoms with Crippen molar-refractivity contribution < 1.29 is 9.32 Å². The molecule has 19 heavy (non-hydrogen) atoms. The Hall–Kier alpha value is -1.76. The summed E-state index contributed by atoms with van der Waals surface area (Å²) >= 11 is 1.30. The number of aromatic nitrogens is 3. The SMILES string of the molecule is Cc1nnsc1CNC(=O)c1onc2c1CCCC2. The Kier molecular flexibility index (Phi) is 3.29. The first kappa shape index (κ1) is 12.3. The van der Waals surface area contributed by atoms with Gasteiger partial charge in [-0.3, -0.25) is 4.79 Å². The smallest absolute Gasteiger partial charge is 0.290 e. The van der Waals surface area contributed by atoms with Gasteiger partial charge in [-0.1, -0.05) is 9.64 Å². The van der Waals surface area contributed by atoms with Crippen molar-refractivity contribution in [2.75, 3.05) is 0 Å². The van der Waals surface area contributed by atoms with E-state index < -0.39 is 0 Å². The molecule has 1 N–H and O–H groups in total. The van der Waals surface area contributed by atoms with Crippen molar-refractivity contribution in [3.63, 3.8) is 0 Å². The van der Waals surface area contributed by atoms with Gasteiger partial charge in [0.1, 0.15) is 0 Å². The third-order valence-corrected chi connectivity index (χ3v) is 4.14. The van der Waals surface area contributed by atoms with E-state index in [1.54, 1.807) is 0 Å². The Bertz CT molecular complexity index is 605. The fourth-order valence-corrected chi connectivity index (χ4v) is 2.79. The van der Waals surface area contributed by atoms with Crippen LogP contribution in [0.5, 0.6) is 0 Å². The highest BCUT2D eigenvalue weighted by atomic mass is 32.1. The molecule has 100 valence electrons. The minimum atomic E-state index is -0.205. The van der Waals surface area contributed by atoms with Crippen LogP contribution in [0.3, 0.4) is 0 Å². The molecule has 0 unspecified atom stereocenters. The molecule has 2 aromatic rings. The fraction of sp³-hybridized carbons (Fsp3) is 0.500. The van der Waals surface area contributed by atoms with Crippen LogP contribution in [0.4, 0.5) is 0 Å². The van der Waals surface area contributed by atoms with Crippen LogP contribution in [0.2, 0.25) is 0 Å². The predicted octanol–water partition coefficient (Wildman–Crippen LogP) is 1.64. The van der Waals surface area contributed by atoms with E-state index in [4.69, 9.17) is 4.52 Å². The monoisotopic (exact) mass is 278 g/mol. The summed E-state index contributed by atoms with van der Waals surface area (Å²) in [6, 6.07) is 0. The van der Waals surface area contributed by atoms with Gasteiger partial charge in [-0.05, 0) is 44.1 Å². The molecule has 0 aromatic carbocycles. The zero-order valence-electron chi connectivity index (χ0n) is 10.6. The van der Waals surface area contributed by atoms with Crippen molar-refractivity contribution in [2.45, 2.75) is 39.2 Å². The van der Waals surface area contributed by atoms with E-state index in [-0.39, 0.29) is 5.91 Å². The van der Waals surface area contributed by atoms with E-state index in [2.05, 4.69) is 20.1 Å². The molecule has 0 saturated carbocycles. The van der Waals surface area contributed by atoms with E-state index in [0.717, 1.165) is 47.5 Å². The summed E-state index contributed by atoms with van der Waals surface area (Å²) in [6.07, 6.45) is 3.99. The van der Waals surface area contributed by atoms with Gasteiger partial charge >= 0.3 is 0 Å². The third-order valence-electron chi connectivity index (χ3n) is 3.32. The lowest BCUT2D eigenvalue weighted by molar-refractivity contribution is 0.0913. The molecule has 0 fully saturated rings. The molecule has 2 heterocycles. The molecule has 3 rings (SSSR count). The molecular formula is C12H14N4O2S. The number of hydrogen-bond donors (Lipinski definition) is 1. The summed E-state index contributed by atoms with van der Waals surface area (Å²) in [5.74, 6) is 0.160. The third kappa shape index (κ3) is 2.37. The van der Waals surface area contributed by atoms with Gasteiger partial charge in [0, 0.05) is 5.56 Å². The molecule has 7 heteroatoms. The molecule has 6 nitrogen and oxygen atoms in total. The maximum Gasteiger partial charge on any atom is 0.290 e. The summed E-state index contributed by atoms with van der Waals surface area (Å²) in [4.78, 5) is 13.1. The second-order valence-electron chi connectivity index (χ2n) is 4.61. The largest absolute Gasteiger partial charge is 0.350 e. The lowest BCUT2D eigenvalue weighted by Crippen LogP contribution is -2.23. The standard InChI is InChI=1S/C12H14N4O2S/c1-7-10(19-16-14-7)6-13-12(17)11-8-4-2-3-5-9(8)15-18-11/h2-6H2,1H3,(H,13,17). The lowest BCUT2D eigenvalue weighted by atomic mass is 9.96. The Morgan fingerprint density at radius 1 is 1.42 bits per heavy atom. The molecule has 1 aliphatic rings. The van der Waals surface area contributed by atoms with Crippen LogP contribution in [-0.4, -0.2) is 20.7 Å². The molecule has 1 aliphatic carbocycles. The number of nitrogens with zero attached hydrogens (tertiary/aromatic N) is 3. The van der Waals surface area contributed by atoms with Crippen LogP contribution < -0.4 is 5.32 Å². The molecule has 0 saturated heterocycles. The van der Waals surface area contributed by atoms with Crippen molar-refractivity contribution in [3.8, 4) is 0 Å². The summed E-state index contributed by atoms with van der Waals surface area (Å²) in [5, 5.41) is 10.7. The number of carbonyl (C=O) groups excluding carboxylic acids is 1. The highest BCUT2D eigenvalue weighted by molar-refractivity contribution is 7.05. The first-order valence-electron chi connectivity index (χ1n) is 6.29. The Morgan fingerprint density at radius 3 is 3.05 bits per heavy atom. The van der Waals surface area contributed by atoms with Crippen molar-refractivity contribution >= 4 is 17.4 Å². The molecule has 1 amide bonds. The fourth-order valence-electron chi connectivity index (χ4n) is 2.22. The van der Waals surface area contributed by atoms with Crippen LogP contribution in [0.1, 0.15) is 45.2 Å². The van der Waals surface area contributed by atoms with Crippen molar-refractivity contribution in [2.24, 2.45) is 0 Å². The lowest BCUT2D eigenvalue weighted by Gasteiger charge is -2.09. The van der Waals surface area contributed by atoms with Gasteiger partial charge in [-0.15, -0.1) is 5.10 Å². The minimum absolute atomic E-state index is 0.205. The molecular weight excluding hydrogens is 264 g/mol. The van der Waals surface area contributed by atoms with E-state index >= 15 is 0 Å². The summed E-state index contributed by atoms with van der Waals surface area (Å²) in [7, 11) is 0. The Labute approximate surface area is 114 Å². The molecule has 0 radical (unpaired) electrons. The first-order chi connectivity index (χ1) is 9.25. The number of rotatable bonds is 3. The van der Waals surface area contributed by atoms with Gasteiger partial charge < -0.3 is 9.84 Å². The second kappa shape index (κ2) is 5.08. The van der Waals surface area contributed by atoms with Crippen molar-refractivity contribution in [1.82, 2.24) is 20.1 Å². The van der Waals surface area contributed by atoms with Crippen LogP contribution in [0.25, 0.3) is 0 Å². The Balaban J connectivity index is 1.71. The van der Waals surface area contributed by atoms with E-state index in [1.165, 1.54) is 11.5 Å². The number of aryl methyl sites for hydroxylation is 2. The summed E-state index contributed by atoms with van der Waals surface area (Å²) < 4.78 is 9.03. The van der Waals surface area contributed by atoms with Gasteiger partial charge in [0.05, 0.1) is 22.8 Å². The molecule has 0 bridgehead atoms. The maximum absolute atomic E-state index is 12.1. The topological polar surface area (TPSA) is 80.9 Å². The van der Waals surface area contributed by atoms with E-state index in [0.29, 0.717) is 12.3 Å². The molecule has 0 aliphatic heterocycles. The van der Waals surface area contributed by atoms with E-state index in [1.807, 2.05) is 6.92 Å².